The Morgan fingerprint density at radius 3 is 3.09 bits per heavy atom. The van der Waals surface area contributed by atoms with Crippen LogP contribution in [0.25, 0.3) is 11.0 Å². The van der Waals surface area contributed by atoms with E-state index in [2.05, 4.69) is 15.5 Å². The highest BCUT2D eigenvalue weighted by atomic mass is 16.5. The van der Waals surface area contributed by atoms with Crippen molar-refractivity contribution >= 4 is 11.0 Å². The van der Waals surface area contributed by atoms with Gasteiger partial charge in [-0.05, 0) is 35.4 Å². The largest absolute Gasteiger partial charge is 0.459 e. The minimum absolute atomic E-state index is 0.158. The third-order valence-corrected chi connectivity index (χ3v) is 3.99. The van der Waals surface area contributed by atoms with Crippen LogP contribution in [0.5, 0.6) is 0 Å². The predicted octanol–water partition coefficient (Wildman–Crippen LogP) is 1.65. The Morgan fingerprint density at radius 1 is 1.36 bits per heavy atom. The lowest BCUT2D eigenvalue weighted by molar-refractivity contribution is 0.0924. The lowest BCUT2D eigenvalue weighted by Crippen LogP contribution is -2.23. The molecule has 0 spiro atoms. The topological polar surface area (TPSA) is 92.0 Å². The third kappa shape index (κ3) is 2.38. The highest BCUT2D eigenvalue weighted by molar-refractivity contribution is 5.77. The van der Waals surface area contributed by atoms with Crippen molar-refractivity contribution in [2.75, 3.05) is 6.61 Å². The summed E-state index contributed by atoms with van der Waals surface area (Å²) in [6.45, 7) is 1.42. The number of para-hydroxylation sites is 1. The SMILES string of the molecule is NC(c1cc2ccccc2o1)c1nnnn1C[C@@H]1CCCO1. The summed E-state index contributed by atoms with van der Waals surface area (Å²) in [5.74, 6) is 1.25. The molecule has 1 aliphatic rings. The van der Waals surface area contributed by atoms with Crippen LogP contribution in [0.2, 0.25) is 0 Å². The second kappa shape index (κ2) is 5.51. The van der Waals surface area contributed by atoms with Crippen LogP contribution < -0.4 is 5.73 Å². The van der Waals surface area contributed by atoms with Gasteiger partial charge in [0, 0.05) is 12.0 Å². The van der Waals surface area contributed by atoms with Crippen molar-refractivity contribution in [1.29, 1.82) is 0 Å². The molecule has 0 bridgehead atoms. The average molecular weight is 299 g/mol. The summed E-state index contributed by atoms with van der Waals surface area (Å²) >= 11 is 0. The molecule has 4 rings (SSSR count). The number of hydrogen-bond acceptors (Lipinski definition) is 6. The second-order valence-electron chi connectivity index (χ2n) is 5.52. The zero-order valence-electron chi connectivity index (χ0n) is 12.1. The van der Waals surface area contributed by atoms with E-state index in [1.807, 2.05) is 30.3 Å². The van der Waals surface area contributed by atoms with Gasteiger partial charge in [-0.25, -0.2) is 4.68 Å². The minimum Gasteiger partial charge on any atom is -0.459 e. The molecule has 1 aliphatic heterocycles. The number of fused-ring (bicyclic) bond motifs is 1. The van der Waals surface area contributed by atoms with Crippen LogP contribution in [0.3, 0.4) is 0 Å². The van der Waals surface area contributed by atoms with Gasteiger partial charge in [-0.15, -0.1) is 5.10 Å². The summed E-state index contributed by atoms with van der Waals surface area (Å²) in [5.41, 5.74) is 7.11. The lowest BCUT2D eigenvalue weighted by Gasteiger charge is -2.12. The van der Waals surface area contributed by atoms with E-state index in [0.29, 0.717) is 18.1 Å². The Morgan fingerprint density at radius 2 is 2.27 bits per heavy atom. The zero-order chi connectivity index (χ0) is 14.9. The van der Waals surface area contributed by atoms with Gasteiger partial charge in [-0.3, -0.25) is 0 Å². The monoisotopic (exact) mass is 299 g/mol. The first kappa shape index (κ1) is 13.4. The minimum atomic E-state index is -0.496. The summed E-state index contributed by atoms with van der Waals surface area (Å²) in [4.78, 5) is 0. The molecule has 7 heteroatoms. The van der Waals surface area contributed by atoms with Crippen molar-refractivity contribution < 1.29 is 9.15 Å². The van der Waals surface area contributed by atoms with Gasteiger partial charge in [-0.2, -0.15) is 0 Å². The maximum absolute atomic E-state index is 6.30. The Labute approximate surface area is 127 Å². The molecule has 2 aromatic heterocycles. The summed E-state index contributed by atoms with van der Waals surface area (Å²) in [7, 11) is 0. The van der Waals surface area contributed by atoms with Gasteiger partial charge in [-0.1, -0.05) is 18.2 Å². The molecule has 0 aliphatic carbocycles. The molecule has 3 heterocycles. The molecule has 1 aromatic carbocycles. The number of ether oxygens (including phenoxy) is 1. The highest BCUT2D eigenvalue weighted by Gasteiger charge is 2.24. The fourth-order valence-electron chi connectivity index (χ4n) is 2.83. The summed E-state index contributed by atoms with van der Waals surface area (Å²) in [5, 5.41) is 12.9. The van der Waals surface area contributed by atoms with Crippen LogP contribution in [0, 0.1) is 0 Å². The van der Waals surface area contributed by atoms with E-state index in [-0.39, 0.29) is 6.10 Å². The van der Waals surface area contributed by atoms with Gasteiger partial charge in [0.05, 0.1) is 12.6 Å². The molecule has 114 valence electrons. The van der Waals surface area contributed by atoms with Crippen molar-refractivity contribution in [3.8, 4) is 0 Å². The number of furan rings is 1. The molecular weight excluding hydrogens is 282 g/mol. The van der Waals surface area contributed by atoms with E-state index in [1.165, 1.54) is 0 Å². The summed E-state index contributed by atoms with van der Waals surface area (Å²) in [6.07, 6.45) is 2.27. The standard InChI is InChI=1S/C15H17N5O2/c16-14(13-8-10-4-1-2-6-12(10)22-13)15-17-18-19-20(15)9-11-5-3-7-21-11/h1-2,4,6,8,11,14H,3,5,7,9,16H2/t11-,14?/m0/s1. The van der Waals surface area contributed by atoms with Gasteiger partial charge in [0.2, 0.25) is 0 Å². The number of rotatable bonds is 4. The first-order valence-corrected chi connectivity index (χ1v) is 7.43. The smallest absolute Gasteiger partial charge is 0.175 e. The Kier molecular flexibility index (Phi) is 3.36. The fraction of sp³-hybridized carbons (Fsp3) is 0.400. The van der Waals surface area contributed by atoms with Crippen molar-refractivity contribution in [3.05, 3.63) is 41.9 Å². The summed E-state index contributed by atoms with van der Waals surface area (Å²) in [6, 6.07) is 9.25. The molecule has 7 nitrogen and oxygen atoms in total. The maximum Gasteiger partial charge on any atom is 0.175 e. The van der Waals surface area contributed by atoms with Crippen LogP contribution in [-0.2, 0) is 11.3 Å². The van der Waals surface area contributed by atoms with Crippen molar-refractivity contribution in [2.24, 2.45) is 5.73 Å². The van der Waals surface area contributed by atoms with E-state index in [0.717, 1.165) is 30.4 Å². The van der Waals surface area contributed by atoms with Crippen molar-refractivity contribution in [1.82, 2.24) is 20.2 Å². The van der Waals surface area contributed by atoms with E-state index in [9.17, 15) is 0 Å². The molecule has 2 N–H and O–H groups in total. The van der Waals surface area contributed by atoms with Crippen LogP contribution in [0.4, 0.5) is 0 Å². The van der Waals surface area contributed by atoms with Crippen LogP contribution in [0.15, 0.2) is 34.7 Å². The normalized spacial score (nSPS) is 19.8. The number of nitrogens with zero attached hydrogens (tertiary/aromatic N) is 4. The van der Waals surface area contributed by atoms with E-state index in [4.69, 9.17) is 14.9 Å². The second-order valence-corrected chi connectivity index (χ2v) is 5.52. The third-order valence-electron chi connectivity index (χ3n) is 3.99. The molecule has 22 heavy (non-hydrogen) atoms. The number of tetrazole rings is 1. The van der Waals surface area contributed by atoms with Crippen LogP contribution in [0.1, 0.15) is 30.5 Å². The molecule has 0 saturated carbocycles. The zero-order valence-corrected chi connectivity index (χ0v) is 12.1. The number of benzene rings is 1. The average Bonchev–Trinajstić information content (AvgIpc) is 3.27. The number of aromatic nitrogens is 4. The Balaban J connectivity index is 1.62. The Bertz CT molecular complexity index is 742. The highest BCUT2D eigenvalue weighted by Crippen LogP contribution is 2.26. The molecule has 0 radical (unpaired) electrons. The van der Waals surface area contributed by atoms with Gasteiger partial charge >= 0.3 is 0 Å². The molecule has 2 atom stereocenters. The van der Waals surface area contributed by atoms with Crippen LogP contribution in [-0.4, -0.2) is 32.9 Å². The van der Waals surface area contributed by atoms with Gasteiger partial charge in [0.25, 0.3) is 0 Å². The van der Waals surface area contributed by atoms with E-state index >= 15 is 0 Å². The van der Waals surface area contributed by atoms with Crippen LogP contribution >= 0.6 is 0 Å². The molecular formula is C15H17N5O2. The molecule has 1 saturated heterocycles. The fourth-order valence-corrected chi connectivity index (χ4v) is 2.83. The molecule has 3 aromatic rings. The number of hydrogen-bond donors (Lipinski definition) is 1. The predicted molar refractivity (Wildman–Crippen MR) is 79.0 cm³/mol. The maximum atomic E-state index is 6.30. The first-order chi connectivity index (χ1) is 10.8. The lowest BCUT2D eigenvalue weighted by atomic mass is 10.2. The van der Waals surface area contributed by atoms with Crippen molar-refractivity contribution in [3.63, 3.8) is 0 Å². The van der Waals surface area contributed by atoms with Gasteiger partial charge in [0.1, 0.15) is 17.4 Å². The van der Waals surface area contributed by atoms with Gasteiger partial charge in [0.15, 0.2) is 5.82 Å². The van der Waals surface area contributed by atoms with E-state index < -0.39 is 6.04 Å². The molecule has 1 fully saturated rings. The summed E-state index contributed by atoms with van der Waals surface area (Å²) < 4.78 is 13.2. The quantitative estimate of drug-likeness (QED) is 0.787. The molecule has 0 amide bonds. The van der Waals surface area contributed by atoms with E-state index in [1.54, 1.807) is 4.68 Å². The van der Waals surface area contributed by atoms with Crippen molar-refractivity contribution in [2.45, 2.75) is 31.5 Å². The first-order valence-electron chi connectivity index (χ1n) is 7.43. The Hall–Kier alpha value is -2.25. The van der Waals surface area contributed by atoms with Gasteiger partial charge < -0.3 is 14.9 Å². The molecule has 1 unspecified atom stereocenters. The number of nitrogens with two attached hydrogens (primary N) is 1.